The summed E-state index contributed by atoms with van der Waals surface area (Å²) in [4.78, 5) is 18.8. The van der Waals surface area contributed by atoms with Crippen molar-refractivity contribution in [3.05, 3.63) is 51.0 Å². The minimum atomic E-state index is -1.27. The molecule has 2 aromatic heterocycles. The van der Waals surface area contributed by atoms with E-state index < -0.39 is 11.2 Å². The van der Waals surface area contributed by atoms with Gasteiger partial charge in [-0.3, -0.25) is 4.79 Å². The number of aromatic amines is 1. The lowest BCUT2D eigenvalue weighted by molar-refractivity contribution is 0.0688. The predicted octanol–water partition coefficient (Wildman–Crippen LogP) is 1.44. The second-order valence-electron chi connectivity index (χ2n) is 5.48. The Kier molecular flexibility index (Phi) is 3.46. The Balaban J connectivity index is 2.13. The van der Waals surface area contributed by atoms with Gasteiger partial charge in [-0.05, 0) is 25.5 Å². The van der Waals surface area contributed by atoms with Crippen molar-refractivity contribution >= 4 is 22.8 Å². The number of hydrogen-bond donors (Lipinski definition) is 2. The van der Waals surface area contributed by atoms with Crippen LogP contribution < -0.4 is 5.56 Å². The van der Waals surface area contributed by atoms with Crippen LogP contribution in [0.5, 0.6) is 0 Å². The number of H-pyrrole nitrogens is 1. The predicted molar refractivity (Wildman–Crippen MR) is 81.7 cm³/mol. The average Bonchev–Trinajstić information content (AvgIpc) is 2.84. The van der Waals surface area contributed by atoms with Crippen LogP contribution in [0, 0.1) is 0 Å². The van der Waals surface area contributed by atoms with E-state index in [1.165, 1.54) is 4.68 Å². The van der Waals surface area contributed by atoms with Crippen molar-refractivity contribution in [3.8, 4) is 0 Å². The van der Waals surface area contributed by atoms with Crippen LogP contribution in [0.15, 0.2) is 29.1 Å². The molecular formula is C14H14ClN5O2. The number of benzene rings is 1. The summed E-state index contributed by atoms with van der Waals surface area (Å²) < 4.78 is 1.49. The largest absolute Gasteiger partial charge is 0.383 e. The molecule has 22 heavy (non-hydrogen) atoms. The molecule has 114 valence electrons. The number of hydrogen-bond acceptors (Lipinski definition) is 5. The van der Waals surface area contributed by atoms with E-state index in [1.54, 1.807) is 19.9 Å². The first-order chi connectivity index (χ1) is 10.4. The molecule has 3 aromatic rings. The molecule has 2 N–H and O–H groups in total. The molecule has 0 amide bonds. The van der Waals surface area contributed by atoms with Crippen molar-refractivity contribution < 1.29 is 5.11 Å². The summed E-state index contributed by atoms with van der Waals surface area (Å²) in [5.41, 5.74) is -0.441. The lowest BCUT2D eigenvalue weighted by Crippen LogP contribution is -2.25. The van der Waals surface area contributed by atoms with Crippen LogP contribution in [-0.2, 0) is 12.1 Å². The zero-order valence-electron chi connectivity index (χ0n) is 12.0. The van der Waals surface area contributed by atoms with Gasteiger partial charge >= 0.3 is 0 Å². The molecule has 0 aliphatic heterocycles. The first-order valence-electron chi connectivity index (χ1n) is 6.66. The monoisotopic (exact) mass is 319 g/mol. The maximum Gasteiger partial charge on any atom is 0.281 e. The molecule has 0 unspecified atom stereocenters. The SMILES string of the molecule is CC(C)(O)c1nc2c(nnn2Cc2ccccc2Cl)c(=O)[nH]1. The van der Waals surface area contributed by atoms with E-state index in [0.29, 0.717) is 17.2 Å². The summed E-state index contributed by atoms with van der Waals surface area (Å²) in [6, 6.07) is 7.34. The summed E-state index contributed by atoms with van der Waals surface area (Å²) >= 11 is 6.14. The molecular weight excluding hydrogens is 306 g/mol. The van der Waals surface area contributed by atoms with Crippen molar-refractivity contribution in [2.45, 2.75) is 26.0 Å². The van der Waals surface area contributed by atoms with Gasteiger partial charge in [0.05, 0.1) is 6.54 Å². The van der Waals surface area contributed by atoms with Crippen LogP contribution in [0.4, 0.5) is 0 Å². The molecule has 7 nitrogen and oxygen atoms in total. The van der Waals surface area contributed by atoms with Crippen molar-refractivity contribution in [2.75, 3.05) is 0 Å². The standard InChI is InChI=1S/C14H14ClN5O2/c1-14(2,22)13-16-11-10(12(21)17-13)18-19-20(11)7-8-5-3-4-6-9(8)15/h3-6,22H,7H2,1-2H3,(H,16,17,21). The first kappa shape index (κ1) is 14.7. The summed E-state index contributed by atoms with van der Waals surface area (Å²) in [5.74, 6) is 0.160. The van der Waals surface area contributed by atoms with Crippen LogP contribution in [0.25, 0.3) is 11.2 Å². The van der Waals surface area contributed by atoms with Crippen molar-refractivity contribution in [3.63, 3.8) is 0 Å². The molecule has 0 atom stereocenters. The summed E-state index contributed by atoms with van der Waals surface area (Å²) in [6.07, 6.45) is 0. The highest BCUT2D eigenvalue weighted by Crippen LogP contribution is 2.18. The summed E-state index contributed by atoms with van der Waals surface area (Å²) in [6.45, 7) is 3.41. The van der Waals surface area contributed by atoms with Crippen LogP contribution in [0.1, 0.15) is 25.2 Å². The number of aliphatic hydroxyl groups is 1. The number of halogens is 1. The van der Waals surface area contributed by atoms with E-state index >= 15 is 0 Å². The van der Waals surface area contributed by atoms with Gasteiger partial charge in [0.2, 0.25) is 0 Å². The Hall–Kier alpha value is -2.25. The molecule has 0 saturated heterocycles. The molecule has 1 aromatic carbocycles. The fraction of sp³-hybridized carbons (Fsp3) is 0.286. The maximum atomic E-state index is 12.0. The van der Waals surface area contributed by atoms with Gasteiger partial charge in [0.25, 0.3) is 5.56 Å². The first-order valence-corrected chi connectivity index (χ1v) is 7.04. The van der Waals surface area contributed by atoms with Gasteiger partial charge in [0.15, 0.2) is 11.2 Å². The minimum absolute atomic E-state index is 0.125. The van der Waals surface area contributed by atoms with E-state index in [2.05, 4.69) is 20.3 Å². The molecule has 0 saturated carbocycles. The fourth-order valence-electron chi connectivity index (χ4n) is 2.05. The van der Waals surface area contributed by atoms with E-state index in [9.17, 15) is 9.90 Å². The molecule has 0 radical (unpaired) electrons. The quantitative estimate of drug-likeness (QED) is 0.761. The molecule has 3 rings (SSSR count). The van der Waals surface area contributed by atoms with Crippen LogP contribution in [0.2, 0.25) is 5.02 Å². The van der Waals surface area contributed by atoms with Gasteiger partial charge in [-0.1, -0.05) is 35.0 Å². The second-order valence-corrected chi connectivity index (χ2v) is 5.89. The Morgan fingerprint density at radius 1 is 1.36 bits per heavy atom. The smallest absolute Gasteiger partial charge is 0.281 e. The average molecular weight is 320 g/mol. The van der Waals surface area contributed by atoms with E-state index in [-0.39, 0.29) is 11.3 Å². The Morgan fingerprint density at radius 2 is 2.09 bits per heavy atom. The van der Waals surface area contributed by atoms with Gasteiger partial charge in [0.1, 0.15) is 11.4 Å². The van der Waals surface area contributed by atoms with E-state index in [1.807, 2.05) is 18.2 Å². The van der Waals surface area contributed by atoms with Gasteiger partial charge in [-0.2, -0.15) is 0 Å². The topological polar surface area (TPSA) is 96.7 Å². The lowest BCUT2D eigenvalue weighted by Gasteiger charge is -2.15. The van der Waals surface area contributed by atoms with Gasteiger partial charge in [-0.15, -0.1) is 5.10 Å². The zero-order chi connectivity index (χ0) is 15.9. The molecule has 8 heteroatoms. The van der Waals surface area contributed by atoms with Crippen LogP contribution in [-0.4, -0.2) is 30.1 Å². The molecule has 2 heterocycles. The third-order valence-electron chi connectivity index (χ3n) is 3.23. The van der Waals surface area contributed by atoms with Crippen molar-refractivity contribution in [1.82, 2.24) is 25.0 Å². The molecule has 0 spiro atoms. The van der Waals surface area contributed by atoms with E-state index in [4.69, 9.17) is 11.6 Å². The third-order valence-corrected chi connectivity index (χ3v) is 3.60. The molecule has 0 fully saturated rings. The van der Waals surface area contributed by atoms with Crippen molar-refractivity contribution in [2.24, 2.45) is 0 Å². The fourth-order valence-corrected chi connectivity index (χ4v) is 2.25. The summed E-state index contributed by atoms with van der Waals surface area (Å²) in [5, 5.41) is 18.4. The number of rotatable bonds is 3. The highest BCUT2D eigenvalue weighted by Gasteiger charge is 2.22. The third kappa shape index (κ3) is 2.60. The molecule has 0 bridgehead atoms. The Labute approximate surface area is 130 Å². The Bertz CT molecular complexity index is 894. The number of aromatic nitrogens is 5. The maximum absolute atomic E-state index is 12.0. The highest BCUT2D eigenvalue weighted by molar-refractivity contribution is 6.31. The zero-order valence-corrected chi connectivity index (χ0v) is 12.8. The van der Waals surface area contributed by atoms with Gasteiger partial charge < -0.3 is 10.1 Å². The Morgan fingerprint density at radius 3 is 2.77 bits per heavy atom. The van der Waals surface area contributed by atoms with Gasteiger partial charge in [0, 0.05) is 5.02 Å². The number of fused-ring (bicyclic) bond motifs is 1. The minimum Gasteiger partial charge on any atom is -0.383 e. The number of nitrogens with zero attached hydrogens (tertiary/aromatic N) is 4. The van der Waals surface area contributed by atoms with Gasteiger partial charge in [-0.25, -0.2) is 9.67 Å². The number of nitrogens with one attached hydrogen (secondary N) is 1. The van der Waals surface area contributed by atoms with Crippen LogP contribution >= 0.6 is 11.6 Å². The lowest BCUT2D eigenvalue weighted by atomic mass is 10.1. The second kappa shape index (κ2) is 5.19. The molecule has 0 aliphatic rings. The summed E-state index contributed by atoms with van der Waals surface area (Å²) in [7, 11) is 0. The highest BCUT2D eigenvalue weighted by atomic mass is 35.5. The van der Waals surface area contributed by atoms with Crippen LogP contribution in [0.3, 0.4) is 0 Å². The normalized spacial score (nSPS) is 12.0. The van der Waals surface area contributed by atoms with E-state index in [0.717, 1.165) is 5.56 Å². The molecule has 0 aliphatic carbocycles. The van der Waals surface area contributed by atoms with Crippen molar-refractivity contribution in [1.29, 1.82) is 0 Å².